The Bertz CT molecular complexity index is 414. The number of hydrogen-bond acceptors (Lipinski definition) is 3. The van der Waals surface area contributed by atoms with Gasteiger partial charge in [0.25, 0.3) is 0 Å². The van der Waals surface area contributed by atoms with Gasteiger partial charge in [-0.2, -0.15) is 5.10 Å². The fourth-order valence-corrected chi connectivity index (χ4v) is 1.76. The second kappa shape index (κ2) is 10.2. The van der Waals surface area contributed by atoms with Crippen LogP contribution in [0.5, 0.6) is 0 Å². The third-order valence-electron chi connectivity index (χ3n) is 3.00. The van der Waals surface area contributed by atoms with Gasteiger partial charge in [-0.1, -0.05) is 13.8 Å². The van der Waals surface area contributed by atoms with Gasteiger partial charge in [0, 0.05) is 32.9 Å². The van der Waals surface area contributed by atoms with Crippen LogP contribution < -0.4 is 10.6 Å². The summed E-state index contributed by atoms with van der Waals surface area (Å²) in [5.41, 5.74) is 1.18. The van der Waals surface area contributed by atoms with Gasteiger partial charge in [-0.05, 0) is 24.8 Å². The smallest absolute Gasteiger partial charge is 0.191 e. The van der Waals surface area contributed by atoms with Gasteiger partial charge in [0.2, 0.25) is 0 Å². The molecule has 120 valence electrons. The van der Waals surface area contributed by atoms with Crippen molar-refractivity contribution in [1.82, 2.24) is 20.4 Å². The minimum Gasteiger partial charge on any atom is -0.380 e. The van der Waals surface area contributed by atoms with E-state index in [0.29, 0.717) is 12.5 Å². The van der Waals surface area contributed by atoms with E-state index in [-0.39, 0.29) is 0 Å². The van der Waals surface area contributed by atoms with E-state index < -0.39 is 0 Å². The molecule has 0 aliphatic heterocycles. The van der Waals surface area contributed by atoms with Gasteiger partial charge in [0.05, 0.1) is 19.3 Å². The van der Waals surface area contributed by atoms with Crippen molar-refractivity contribution in [1.29, 1.82) is 0 Å². The van der Waals surface area contributed by atoms with E-state index in [2.05, 4.69) is 34.6 Å². The van der Waals surface area contributed by atoms with E-state index in [1.165, 1.54) is 5.56 Å². The molecule has 2 N–H and O–H groups in total. The molecule has 0 radical (unpaired) electrons. The zero-order valence-corrected chi connectivity index (χ0v) is 13.7. The van der Waals surface area contributed by atoms with Crippen molar-refractivity contribution in [3.63, 3.8) is 0 Å². The maximum absolute atomic E-state index is 5.56. The van der Waals surface area contributed by atoms with Crippen molar-refractivity contribution in [3.8, 4) is 0 Å². The average Bonchev–Trinajstić information content (AvgIpc) is 2.86. The number of rotatable bonds is 9. The minimum absolute atomic E-state index is 0.693. The normalized spacial score (nSPS) is 12.0. The lowest BCUT2D eigenvalue weighted by Gasteiger charge is -2.12. The van der Waals surface area contributed by atoms with Crippen molar-refractivity contribution in [2.45, 2.75) is 33.7 Å². The fraction of sp³-hybridized carbons (Fsp3) is 0.733. The zero-order chi connectivity index (χ0) is 15.5. The Hall–Kier alpha value is -1.56. The summed E-state index contributed by atoms with van der Waals surface area (Å²) < 4.78 is 7.48. The Balaban J connectivity index is 2.06. The number of aryl methyl sites for hydroxylation is 1. The Kier molecular flexibility index (Phi) is 8.50. The van der Waals surface area contributed by atoms with Crippen LogP contribution in [0.4, 0.5) is 0 Å². The molecule has 0 aromatic carbocycles. The number of hydrogen-bond donors (Lipinski definition) is 2. The van der Waals surface area contributed by atoms with Crippen LogP contribution in [0.2, 0.25) is 0 Å². The Morgan fingerprint density at radius 1 is 1.33 bits per heavy atom. The highest BCUT2D eigenvalue weighted by molar-refractivity contribution is 5.79. The first kappa shape index (κ1) is 17.5. The molecule has 1 aromatic heterocycles. The van der Waals surface area contributed by atoms with E-state index >= 15 is 0 Å². The monoisotopic (exact) mass is 295 g/mol. The first-order valence-corrected chi connectivity index (χ1v) is 7.63. The van der Waals surface area contributed by atoms with Gasteiger partial charge in [0.1, 0.15) is 0 Å². The molecule has 1 rings (SSSR count). The summed E-state index contributed by atoms with van der Waals surface area (Å²) in [7, 11) is 1.77. The third kappa shape index (κ3) is 8.34. The number of nitrogens with one attached hydrogen (secondary N) is 2. The molecule has 0 amide bonds. The molecule has 0 saturated carbocycles. The van der Waals surface area contributed by atoms with Crippen molar-refractivity contribution >= 4 is 5.96 Å². The van der Waals surface area contributed by atoms with Gasteiger partial charge in [0.15, 0.2) is 5.96 Å². The van der Waals surface area contributed by atoms with Gasteiger partial charge in [-0.15, -0.1) is 0 Å². The second-order valence-electron chi connectivity index (χ2n) is 5.50. The highest BCUT2D eigenvalue weighted by Crippen LogP contribution is 1.98. The lowest BCUT2D eigenvalue weighted by Crippen LogP contribution is -2.40. The van der Waals surface area contributed by atoms with Crippen molar-refractivity contribution in [2.75, 3.05) is 33.4 Å². The van der Waals surface area contributed by atoms with Crippen LogP contribution in [-0.4, -0.2) is 49.1 Å². The largest absolute Gasteiger partial charge is 0.380 e. The average molecular weight is 295 g/mol. The van der Waals surface area contributed by atoms with Gasteiger partial charge >= 0.3 is 0 Å². The molecule has 6 nitrogen and oxygen atoms in total. The molecule has 1 aromatic rings. The third-order valence-corrected chi connectivity index (χ3v) is 3.00. The molecule has 0 aliphatic carbocycles. The van der Waals surface area contributed by atoms with Crippen LogP contribution in [0.15, 0.2) is 17.4 Å². The van der Waals surface area contributed by atoms with Crippen LogP contribution in [-0.2, 0) is 11.3 Å². The molecule has 0 bridgehead atoms. The molecule has 0 aliphatic rings. The molecular formula is C15H29N5O. The van der Waals surface area contributed by atoms with Crippen molar-refractivity contribution in [2.24, 2.45) is 10.9 Å². The first-order valence-electron chi connectivity index (χ1n) is 7.63. The van der Waals surface area contributed by atoms with Crippen molar-refractivity contribution in [3.05, 3.63) is 18.0 Å². The lowest BCUT2D eigenvalue weighted by atomic mass is 10.1. The summed E-state index contributed by atoms with van der Waals surface area (Å²) in [6.07, 6.45) is 5.00. The topological polar surface area (TPSA) is 63.5 Å². The Morgan fingerprint density at radius 2 is 2.10 bits per heavy atom. The number of guanidine groups is 1. The number of aliphatic imine (C=N–C) groups is 1. The van der Waals surface area contributed by atoms with E-state index in [9.17, 15) is 0 Å². The maximum atomic E-state index is 5.56. The molecule has 21 heavy (non-hydrogen) atoms. The van der Waals surface area contributed by atoms with Crippen LogP contribution in [0.25, 0.3) is 0 Å². The summed E-state index contributed by atoms with van der Waals surface area (Å²) >= 11 is 0. The summed E-state index contributed by atoms with van der Waals surface area (Å²) in [6.45, 7) is 10.3. The quantitative estimate of drug-likeness (QED) is 0.411. The summed E-state index contributed by atoms with van der Waals surface area (Å²) in [6, 6.07) is 0. The number of aromatic nitrogens is 2. The lowest BCUT2D eigenvalue weighted by molar-refractivity contribution is 0.128. The highest BCUT2D eigenvalue weighted by atomic mass is 16.5. The molecular weight excluding hydrogens is 266 g/mol. The summed E-state index contributed by atoms with van der Waals surface area (Å²) in [5.74, 6) is 1.49. The minimum atomic E-state index is 0.693. The fourth-order valence-electron chi connectivity index (χ4n) is 1.76. The van der Waals surface area contributed by atoms with Crippen LogP contribution in [0, 0.1) is 12.8 Å². The summed E-state index contributed by atoms with van der Waals surface area (Å²) in [5, 5.41) is 10.7. The first-order chi connectivity index (χ1) is 10.1. The molecule has 0 spiro atoms. The number of ether oxygens (including phenoxy) is 1. The molecule has 0 saturated heterocycles. The Morgan fingerprint density at radius 3 is 2.71 bits per heavy atom. The predicted octanol–water partition coefficient (Wildman–Crippen LogP) is 1.42. The summed E-state index contributed by atoms with van der Waals surface area (Å²) in [4.78, 5) is 4.18. The molecule has 0 fully saturated rings. The van der Waals surface area contributed by atoms with E-state index in [0.717, 1.165) is 38.6 Å². The SMILES string of the molecule is CN=C(NCCOCCC(C)C)NCCn1cc(C)cn1. The van der Waals surface area contributed by atoms with Gasteiger partial charge < -0.3 is 15.4 Å². The highest BCUT2D eigenvalue weighted by Gasteiger charge is 1.99. The second-order valence-corrected chi connectivity index (χ2v) is 5.50. The van der Waals surface area contributed by atoms with Crippen LogP contribution in [0.1, 0.15) is 25.8 Å². The van der Waals surface area contributed by atoms with E-state index in [1.54, 1.807) is 7.05 Å². The maximum Gasteiger partial charge on any atom is 0.191 e. The molecule has 0 unspecified atom stereocenters. The molecule has 6 heteroatoms. The van der Waals surface area contributed by atoms with E-state index in [1.807, 2.05) is 24.0 Å². The Labute approximate surface area is 128 Å². The number of nitrogens with zero attached hydrogens (tertiary/aromatic N) is 3. The van der Waals surface area contributed by atoms with Gasteiger partial charge in [-0.25, -0.2) is 0 Å². The van der Waals surface area contributed by atoms with Crippen LogP contribution >= 0.6 is 0 Å². The van der Waals surface area contributed by atoms with E-state index in [4.69, 9.17) is 4.74 Å². The zero-order valence-electron chi connectivity index (χ0n) is 13.7. The molecule has 0 atom stereocenters. The van der Waals surface area contributed by atoms with Crippen molar-refractivity contribution < 1.29 is 4.74 Å². The standard InChI is InChI=1S/C15H29N5O/c1-13(2)5-9-21-10-7-18-15(16-4)17-6-8-20-12-14(3)11-19-20/h11-13H,5-10H2,1-4H3,(H2,16,17,18). The molecule has 1 heterocycles. The van der Waals surface area contributed by atoms with Crippen LogP contribution in [0.3, 0.4) is 0 Å². The van der Waals surface area contributed by atoms with Gasteiger partial charge in [-0.3, -0.25) is 9.67 Å². The predicted molar refractivity (Wildman–Crippen MR) is 86.6 cm³/mol.